The Morgan fingerprint density at radius 1 is 1.26 bits per heavy atom. The second kappa shape index (κ2) is 6.70. The first-order chi connectivity index (χ1) is 8.81. The summed E-state index contributed by atoms with van der Waals surface area (Å²) in [4.78, 5) is 13.9. The molecule has 0 aromatic heterocycles. The molecule has 1 saturated heterocycles. The van der Waals surface area contributed by atoms with Crippen molar-refractivity contribution in [1.82, 2.24) is 9.21 Å². The molecule has 1 fully saturated rings. The molecule has 19 heavy (non-hydrogen) atoms. The Labute approximate surface area is 117 Å². The van der Waals surface area contributed by atoms with Crippen LogP contribution in [-0.2, 0) is 14.8 Å². The van der Waals surface area contributed by atoms with Crippen LogP contribution in [0.4, 0.5) is 0 Å². The van der Waals surface area contributed by atoms with Gasteiger partial charge in [-0.1, -0.05) is 20.8 Å². The fraction of sp³-hybridized carbons (Fsp3) is 0.923. The van der Waals surface area contributed by atoms with E-state index in [9.17, 15) is 13.2 Å². The number of likely N-dealkylation sites (tertiary alicyclic amines) is 1. The highest BCUT2D eigenvalue weighted by Crippen LogP contribution is 2.22. The lowest BCUT2D eigenvalue weighted by Gasteiger charge is -2.36. The summed E-state index contributed by atoms with van der Waals surface area (Å²) in [5.74, 6) is -0.0438. The highest BCUT2D eigenvalue weighted by atomic mass is 32.2. The van der Waals surface area contributed by atoms with Gasteiger partial charge in [-0.3, -0.25) is 4.79 Å². The van der Waals surface area contributed by atoms with E-state index in [0.717, 1.165) is 12.8 Å². The Balaban J connectivity index is 2.69. The highest BCUT2D eigenvalue weighted by Gasteiger charge is 2.31. The zero-order valence-electron chi connectivity index (χ0n) is 12.4. The number of hydrogen-bond donors (Lipinski definition) is 0. The van der Waals surface area contributed by atoms with Crippen LogP contribution in [0.1, 0.15) is 40.5 Å². The molecule has 0 aromatic carbocycles. The van der Waals surface area contributed by atoms with Gasteiger partial charge in [-0.15, -0.1) is 0 Å². The standard InChI is InChI=1S/C13H26N2O3S/c1-5-14(6-2)19(17,18)10-13(16)15-8-7-11(3)9-12(15)4/h11-12H,5-10H2,1-4H3/t11-,12-/m1/s1. The Morgan fingerprint density at radius 3 is 2.32 bits per heavy atom. The van der Waals surface area contributed by atoms with Gasteiger partial charge in [0.1, 0.15) is 5.75 Å². The molecule has 5 nitrogen and oxygen atoms in total. The van der Waals surface area contributed by atoms with E-state index in [1.165, 1.54) is 4.31 Å². The van der Waals surface area contributed by atoms with Crippen LogP contribution in [0.15, 0.2) is 0 Å². The minimum Gasteiger partial charge on any atom is -0.339 e. The van der Waals surface area contributed by atoms with Gasteiger partial charge < -0.3 is 4.90 Å². The van der Waals surface area contributed by atoms with Crippen molar-refractivity contribution in [2.75, 3.05) is 25.4 Å². The molecule has 0 aliphatic carbocycles. The third-order valence-electron chi connectivity index (χ3n) is 3.86. The van der Waals surface area contributed by atoms with Crippen molar-refractivity contribution >= 4 is 15.9 Å². The van der Waals surface area contributed by atoms with Gasteiger partial charge in [0.25, 0.3) is 0 Å². The van der Waals surface area contributed by atoms with Gasteiger partial charge in [0, 0.05) is 25.7 Å². The average molecular weight is 290 g/mol. The van der Waals surface area contributed by atoms with Crippen molar-refractivity contribution in [3.63, 3.8) is 0 Å². The Bertz CT molecular complexity index is 404. The molecular formula is C13H26N2O3S. The van der Waals surface area contributed by atoms with E-state index >= 15 is 0 Å². The number of sulfonamides is 1. The van der Waals surface area contributed by atoms with E-state index in [4.69, 9.17) is 0 Å². The number of piperidine rings is 1. The molecule has 1 amide bonds. The molecule has 0 saturated carbocycles. The van der Waals surface area contributed by atoms with Crippen LogP contribution in [-0.4, -0.2) is 55.0 Å². The second-order valence-electron chi connectivity index (χ2n) is 5.41. The molecule has 0 spiro atoms. The molecule has 0 bridgehead atoms. The van der Waals surface area contributed by atoms with Crippen LogP contribution in [0.3, 0.4) is 0 Å². The number of amides is 1. The normalized spacial score (nSPS) is 24.8. The van der Waals surface area contributed by atoms with Gasteiger partial charge >= 0.3 is 0 Å². The molecule has 1 aliphatic heterocycles. The van der Waals surface area contributed by atoms with Crippen molar-refractivity contribution in [2.24, 2.45) is 5.92 Å². The van der Waals surface area contributed by atoms with Crippen molar-refractivity contribution in [2.45, 2.75) is 46.6 Å². The van der Waals surface area contributed by atoms with Gasteiger partial charge in [0.2, 0.25) is 15.9 Å². The van der Waals surface area contributed by atoms with Crippen molar-refractivity contribution in [1.29, 1.82) is 0 Å². The quantitative estimate of drug-likeness (QED) is 0.767. The first kappa shape index (κ1) is 16.4. The SMILES string of the molecule is CCN(CC)S(=O)(=O)CC(=O)N1CC[C@@H](C)C[C@H]1C. The fourth-order valence-electron chi connectivity index (χ4n) is 2.73. The van der Waals surface area contributed by atoms with Crippen LogP contribution in [0, 0.1) is 5.92 Å². The summed E-state index contributed by atoms with van der Waals surface area (Å²) in [6.45, 7) is 9.25. The van der Waals surface area contributed by atoms with Gasteiger partial charge in [-0.2, -0.15) is 0 Å². The van der Waals surface area contributed by atoms with Gasteiger partial charge in [0.15, 0.2) is 0 Å². The molecule has 1 heterocycles. The topological polar surface area (TPSA) is 57.7 Å². The average Bonchev–Trinajstić information content (AvgIpc) is 2.28. The number of carbonyl (C=O) groups excluding carboxylic acids is 1. The molecule has 0 radical (unpaired) electrons. The largest absolute Gasteiger partial charge is 0.339 e. The summed E-state index contributed by atoms with van der Waals surface area (Å²) in [5.41, 5.74) is 0. The lowest BCUT2D eigenvalue weighted by Crippen LogP contribution is -2.48. The summed E-state index contributed by atoms with van der Waals surface area (Å²) < 4.78 is 25.5. The van der Waals surface area contributed by atoms with E-state index in [1.54, 1.807) is 18.7 Å². The Hall–Kier alpha value is -0.620. The zero-order chi connectivity index (χ0) is 14.6. The number of hydrogen-bond acceptors (Lipinski definition) is 3. The van der Waals surface area contributed by atoms with Gasteiger partial charge in [-0.25, -0.2) is 12.7 Å². The molecule has 2 atom stereocenters. The van der Waals surface area contributed by atoms with Gasteiger partial charge in [-0.05, 0) is 25.7 Å². The zero-order valence-corrected chi connectivity index (χ0v) is 13.2. The predicted octanol–water partition coefficient (Wildman–Crippen LogP) is 1.30. The van der Waals surface area contributed by atoms with E-state index in [2.05, 4.69) is 6.92 Å². The van der Waals surface area contributed by atoms with Crippen LogP contribution in [0.5, 0.6) is 0 Å². The van der Waals surface area contributed by atoms with E-state index < -0.39 is 15.8 Å². The lowest BCUT2D eigenvalue weighted by atomic mass is 9.93. The minimum atomic E-state index is -3.47. The first-order valence-electron chi connectivity index (χ1n) is 7.09. The summed E-state index contributed by atoms with van der Waals surface area (Å²) in [5, 5.41) is 0. The molecule has 0 unspecified atom stereocenters. The summed E-state index contributed by atoms with van der Waals surface area (Å²) in [6.07, 6.45) is 1.92. The van der Waals surface area contributed by atoms with Crippen molar-refractivity contribution < 1.29 is 13.2 Å². The maximum atomic E-state index is 12.2. The van der Waals surface area contributed by atoms with Crippen LogP contribution in [0.25, 0.3) is 0 Å². The van der Waals surface area contributed by atoms with Crippen molar-refractivity contribution in [3.05, 3.63) is 0 Å². The second-order valence-corrected chi connectivity index (χ2v) is 7.38. The van der Waals surface area contributed by atoms with Crippen LogP contribution < -0.4 is 0 Å². The number of carbonyl (C=O) groups is 1. The molecule has 1 rings (SSSR count). The minimum absolute atomic E-state index is 0.142. The molecular weight excluding hydrogens is 264 g/mol. The molecule has 6 heteroatoms. The molecule has 0 N–H and O–H groups in total. The Morgan fingerprint density at radius 2 is 1.84 bits per heavy atom. The summed E-state index contributed by atoms with van der Waals surface area (Å²) in [7, 11) is -3.47. The monoisotopic (exact) mass is 290 g/mol. The third-order valence-corrected chi connectivity index (χ3v) is 5.78. The predicted molar refractivity (Wildman–Crippen MR) is 76.3 cm³/mol. The smallest absolute Gasteiger partial charge is 0.239 e. The Kier molecular flexibility index (Phi) is 5.80. The lowest BCUT2D eigenvalue weighted by molar-refractivity contribution is -0.132. The number of nitrogens with zero attached hydrogens (tertiary/aromatic N) is 2. The van der Waals surface area contributed by atoms with Crippen LogP contribution >= 0.6 is 0 Å². The fourth-order valence-corrected chi connectivity index (χ4v) is 4.17. The van der Waals surface area contributed by atoms with E-state index in [1.807, 2.05) is 6.92 Å². The first-order valence-corrected chi connectivity index (χ1v) is 8.70. The molecule has 1 aliphatic rings. The van der Waals surface area contributed by atoms with Crippen molar-refractivity contribution in [3.8, 4) is 0 Å². The summed E-state index contributed by atoms with van der Waals surface area (Å²) >= 11 is 0. The van der Waals surface area contributed by atoms with E-state index in [-0.39, 0.29) is 11.9 Å². The van der Waals surface area contributed by atoms with E-state index in [0.29, 0.717) is 25.6 Å². The van der Waals surface area contributed by atoms with Crippen LogP contribution in [0.2, 0.25) is 0 Å². The highest BCUT2D eigenvalue weighted by molar-refractivity contribution is 7.89. The maximum Gasteiger partial charge on any atom is 0.239 e. The molecule has 0 aromatic rings. The third kappa shape index (κ3) is 4.18. The number of rotatable bonds is 5. The molecule has 112 valence electrons. The summed E-state index contributed by atoms with van der Waals surface area (Å²) in [6, 6.07) is 0.142. The maximum absolute atomic E-state index is 12.2. The van der Waals surface area contributed by atoms with Gasteiger partial charge in [0.05, 0.1) is 0 Å².